The van der Waals surface area contributed by atoms with Crippen LogP contribution in [0.25, 0.3) is 0 Å². The average molecular weight is 1010 g/mol. The standard InChI is InChI=1S/3C20H24O2.Sb/c3*1-3-11-18(16-12-7-5-8-13-16)20(4-2,19(21)22)17-14-9-6-10-15-17;/h3*5-10,12-15,18H,3-4,11H2,1-2H3,(H,21,22);/q;;;+3/p-3. The molecule has 0 spiro atoms. The van der Waals surface area contributed by atoms with Gasteiger partial charge in [-0.25, -0.2) is 0 Å². The van der Waals surface area contributed by atoms with Gasteiger partial charge < -0.3 is 29.7 Å². The largest absolute Gasteiger partial charge is 3.00 e. The van der Waals surface area contributed by atoms with E-state index in [1.54, 1.807) is 0 Å². The van der Waals surface area contributed by atoms with Crippen molar-refractivity contribution in [2.24, 2.45) is 0 Å². The fraction of sp³-hybridized carbons (Fsp3) is 0.350. The molecule has 0 amide bonds. The first-order valence-corrected chi connectivity index (χ1v) is 23.9. The minimum Gasteiger partial charge on any atom is -0.549 e. The normalized spacial score (nSPS) is 14.8. The van der Waals surface area contributed by atoms with Crippen molar-refractivity contribution >= 4 is 42.3 Å². The molecule has 0 N–H and O–H groups in total. The molecule has 0 aliphatic carbocycles. The third kappa shape index (κ3) is 13.0. The smallest absolute Gasteiger partial charge is 0.549 e. The van der Waals surface area contributed by atoms with E-state index in [1.165, 1.54) is 0 Å². The molecule has 350 valence electrons. The van der Waals surface area contributed by atoms with Gasteiger partial charge in [-0.3, -0.25) is 0 Å². The second kappa shape index (κ2) is 28.0. The Labute approximate surface area is 418 Å². The first-order valence-electron chi connectivity index (χ1n) is 23.9. The molecule has 7 heteroatoms. The Bertz CT molecular complexity index is 2050. The molecule has 6 atom stereocenters. The molecule has 6 aromatic carbocycles. The van der Waals surface area contributed by atoms with Crippen molar-refractivity contribution in [2.75, 3.05) is 0 Å². The maximum absolute atomic E-state index is 12.2. The number of benzene rings is 6. The van der Waals surface area contributed by atoms with Crippen LogP contribution in [0.15, 0.2) is 182 Å². The van der Waals surface area contributed by atoms with Gasteiger partial charge in [0.2, 0.25) is 0 Å². The molecule has 6 unspecified atom stereocenters. The number of rotatable bonds is 21. The Morgan fingerprint density at radius 1 is 0.343 bits per heavy atom. The maximum atomic E-state index is 12.2. The van der Waals surface area contributed by atoms with Gasteiger partial charge in [-0.1, -0.05) is 243 Å². The summed E-state index contributed by atoms with van der Waals surface area (Å²) in [5.74, 6) is -3.21. The number of carboxylic acid groups (broad SMARTS) is 3. The summed E-state index contributed by atoms with van der Waals surface area (Å²) in [4.78, 5) is 36.7. The minimum atomic E-state index is -0.987. The average Bonchev–Trinajstić information content (AvgIpc) is 3.36. The van der Waals surface area contributed by atoms with Crippen LogP contribution >= 0.6 is 0 Å². The molecule has 0 aliphatic rings. The summed E-state index contributed by atoms with van der Waals surface area (Å²) >= 11 is 0. The van der Waals surface area contributed by atoms with Crippen molar-refractivity contribution in [3.05, 3.63) is 215 Å². The van der Waals surface area contributed by atoms with Crippen molar-refractivity contribution in [2.45, 2.75) is 133 Å². The molecule has 67 heavy (non-hydrogen) atoms. The number of carboxylic acids is 3. The molecular weight excluding hydrogens is 938 g/mol. The number of hydrogen-bond donors (Lipinski definition) is 0. The van der Waals surface area contributed by atoms with Crippen LogP contribution in [0.3, 0.4) is 0 Å². The second-order valence-electron chi connectivity index (χ2n) is 17.2. The van der Waals surface area contributed by atoms with Crippen molar-refractivity contribution in [3.63, 3.8) is 0 Å². The van der Waals surface area contributed by atoms with Gasteiger partial charge in [-0.05, 0) is 89.7 Å². The zero-order valence-corrected chi connectivity index (χ0v) is 42.9. The third-order valence-electron chi connectivity index (χ3n) is 13.8. The van der Waals surface area contributed by atoms with Crippen LogP contribution in [0.5, 0.6) is 0 Å². The molecule has 6 aromatic rings. The Morgan fingerprint density at radius 2 is 0.522 bits per heavy atom. The van der Waals surface area contributed by atoms with E-state index in [0.29, 0.717) is 19.3 Å². The van der Waals surface area contributed by atoms with Gasteiger partial charge in [-0.15, -0.1) is 0 Å². The Balaban J connectivity index is 0.000000264. The van der Waals surface area contributed by atoms with Gasteiger partial charge in [0.25, 0.3) is 0 Å². The SMILES string of the molecule is CCCC(c1ccccc1)C(CC)(C(=O)[O-])c1ccccc1.CCCC(c1ccccc1)C(CC)(C(=O)[O-])c1ccccc1.CCCC(c1ccccc1)C(CC)(C(=O)[O-])c1ccccc1.[Sb+3]. The van der Waals surface area contributed by atoms with E-state index in [2.05, 4.69) is 20.8 Å². The maximum Gasteiger partial charge on any atom is 3.00 e. The quantitative estimate of drug-likeness (QED) is 0.0662. The van der Waals surface area contributed by atoms with Crippen LogP contribution in [0.2, 0.25) is 0 Å². The molecule has 0 fully saturated rings. The van der Waals surface area contributed by atoms with Gasteiger partial charge >= 0.3 is 24.4 Å². The number of carbonyl (C=O) groups is 3. The summed E-state index contributed by atoms with van der Waals surface area (Å²) < 4.78 is 0. The van der Waals surface area contributed by atoms with E-state index < -0.39 is 34.2 Å². The van der Waals surface area contributed by atoms with Crippen LogP contribution in [-0.2, 0) is 30.6 Å². The van der Waals surface area contributed by atoms with Crippen LogP contribution in [-0.4, -0.2) is 42.3 Å². The molecule has 0 saturated carbocycles. The predicted molar refractivity (Wildman–Crippen MR) is 268 cm³/mol. The number of carbonyl (C=O) groups excluding carboxylic acids is 3. The fourth-order valence-corrected chi connectivity index (χ4v) is 10.4. The Morgan fingerprint density at radius 3 is 0.672 bits per heavy atom. The van der Waals surface area contributed by atoms with E-state index >= 15 is 0 Å². The summed E-state index contributed by atoms with van der Waals surface area (Å²) in [5, 5.41) is 36.7. The summed E-state index contributed by atoms with van der Waals surface area (Å²) in [6.45, 7) is 12.1. The summed E-state index contributed by atoms with van der Waals surface area (Å²) in [7, 11) is 0. The molecule has 0 saturated heterocycles. The fourth-order valence-electron chi connectivity index (χ4n) is 10.4. The monoisotopic (exact) mass is 1010 g/mol. The Kier molecular flexibility index (Phi) is 23.4. The van der Waals surface area contributed by atoms with Crippen molar-refractivity contribution < 1.29 is 29.7 Å². The summed E-state index contributed by atoms with van der Waals surface area (Å²) in [5.41, 5.74) is 2.74. The van der Waals surface area contributed by atoms with E-state index in [-0.39, 0.29) is 42.2 Å². The molecule has 6 nitrogen and oxygen atoms in total. The summed E-state index contributed by atoms with van der Waals surface area (Å²) in [6, 6.07) is 58.4. The third-order valence-corrected chi connectivity index (χ3v) is 13.8. The van der Waals surface area contributed by atoms with Gasteiger partial charge in [0, 0.05) is 16.2 Å². The van der Waals surface area contributed by atoms with E-state index in [1.807, 2.05) is 203 Å². The Hall–Kier alpha value is -5.45. The predicted octanol–water partition coefficient (Wildman–Crippen LogP) is 10.6. The number of aliphatic carboxylic acids is 3. The van der Waals surface area contributed by atoms with Crippen LogP contribution < -0.4 is 15.3 Å². The van der Waals surface area contributed by atoms with Crippen LogP contribution in [0.4, 0.5) is 0 Å². The first kappa shape index (κ1) is 55.9. The van der Waals surface area contributed by atoms with E-state index in [9.17, 15) is 29.7 Å². The van der Waals surface area contributed by atoms with Crippen LogP contribution in [0, 0.1) is 0 Å². The van der Waals surface area contributed by atoms with Gasteiger partial charge in [0.05, 0.1) is 17.9 Å². The van der Waals surface area contributed by atoms with E-state index in [0.717, 1.165) is 71.9 Å². The molecule has 0 bridgehead atoms. The zero-order chi connectivity index (χ0) is 48.0. The molecule has 2 radical (unpaired) electrons. The zero-order valence-electron chi connectivity index (χ0n) is 40.3. The van der Waals surface area contributed by atoms with Crippen LogP contribution in [0.1, 0.15) is 150 Å². The van der Waals surface area contributed by atoms with E-state index in [4.69, 9.17) is 0 Å². The van der Waals surface area contributed by atoms with Crippen molar-refractivity contribution in [1.82, 2.24) is 0 Å². The minimum absolute atomic E-state index is 0. The van der Waals surface area contributed by atoms with Crippen molar-refractivity contribution in [3.8, 4) is 0 Å². The second-order valence-corrected chi connectivity index (χ2v) is 17.2. The molecular formula is C60H69O6Sb. The molecule has 6 rings (SSSR count). The summed E-state index contributed by atoms with van der Waals surface area (Å²) in [6.07, 6.45) is 6.79. The number of hydrogen-bond acceptors (Lipinski definition) is 6. The molecule has 0 heterocycles. The van der Waals surface area contributed by atoms with Crippen molar-refractivity contribution in [1.29, 1.82) is 0 Å². The molecule has 0 aliphatic heterocycles. The molecule has 0 aromatic heterocycles. The van der Waals surface area contributed by atoms with Gasteiger partial charge in [0.15, 0.2) is 0 Å². The topological polar surface area (TPSA) is 120 Å². The first-order chi connectivity index (χ1) is 32.0. The van der Waals surface area contributed by atoms with Gasteiger partial charge in [0.1, 0.15) is 0 Å². The van der Waals surface area contributed by atoms with Gasteiger partial charge in [-0.2, -0.15) is 0 Å².